The van der Waals surface area contributed by atoms with Crippen LogP contribution in [0, 0.1) is 0 Å². The van der Waals surface area contributed by atoms with Gasteiger partial charge in [-0.15, -0.1) is 0 Å². The SMILES string of the molecule is COC(=O)c1cc(OC)ncc1Cl. The van der Waals surface area contributed by atoms with Crippen molar-refractivity contribution in [2.45, 2.75) is 0 Å². The first-order chi connectivity index (χ1) is 6.19. The Labute approximate surface area is 80.4 Å². The van der Waals surface area contributed by atoms with Gasteiger partial charge in [0.25, 0.3) is 0 Å². The molecule has 0 atom stereocenters. The van der Waals surface area contributed by atoms with Gasteiger partial charge in [0.05, 0.1) is 31.0 Å². The molecular weight excluding hydrogens is 194 g/mol. The Hall–Kier alpha value is -1.29. The molecule has 5 heteroatoms. The van der Waals surface area contributed by atoms with Crippen LogP contribution in [0.1, 0.15) is 10.4 Å². The molecule has 4 nitrogen and oxygen atoms in total. The summed E-state index contributed by atoms with van der Waals surface area (Å²) in [5.41, 5.74) is 0.246. The first-order valence-electron chi connectivity index (χ1n) is 3.47. The lowest BCUT2D eigenvalue weighted by atomic mass is 10.3. The third-order valence-corrected chi connectivity index (χ3v) is 1.75. The molecule has 0 amide bonds. The molecule has 0 radical (unpaired) electrons. The number of halogens is 1. The van der Waals surface area contributed by atoms with Crippen LogP contribution in [0.15, 0.2) is 12.3 Å². The summed E-state index contributed by atoms with van der Waals surface area (Å²) in [6, 6.07) is 1.42. The number of hydrogen-bond donors (Lipinski definition) is 0. The maximum atomic E-state index is 11.1. The second-order valence-corrected chi connectivity index (χ2v) is 2.61. The van der Waals surface area contributed by atoms with Crippen molar-refractivity contribution < 1.29 is 14.3 Å². The lowest BCUT2D eigenvalue weighted by Gasteiger charge is -2.03. The van der Waals surface area contributed by atoms with Crippen molar-refractivity contribution in [3.63, 3.8) is 0 Å². The zero-order valence-electron chi connectivity index (χ0n) is 7.20. The normalized spacial score (nSPS) is 9.46. The number of esters is 1. The fourth-order valence-corrected chi connectivity index (χ4v) is 0.978. The van der Waals surface area contributed by atoms with E-state index in [0.717, 1.165) is 0 Å². The molecule has 0 N–H and O–H groups in total. The van der Waals surface area contributed by atoms with E-state index in [1.807, 2.05) is 0 Å². The second kappa shape index (κ2) is 4.09. The Kier molecular flexibility index (Phi) is 3.08. The van der Waals surface area contributed by atoms with E-state index in [0.29, 0.717) is 5.88 Å². The molecule has 0 aliphatic carbocycles. The summed E-state index contributed by atoms with van der Waals surface area (Å²) in [4.78, 5) is 14.9. The summed E-state index contributed by atoms with van der Waals surface area (Å²) in [5.74, 6) is -0.185. The molecule has 0 spiro atoms. The highest BCUT2D eigenvalue weighted by atomic mass is 35.5. The van der Waals surface area contributed by atoms with E-state index < -0.39 is 5.97 Å². The number of pyridine rings is 1. The van der Waals surface area contributed by atoms with E-state index in [-0.39, 0.29) is 10.6 Å². The molecule has 1 aromatic heterocycles. The van der Waals surface area contributed by atoms with Gasteiger partial charge in [-0.1, -0.05) is 11.6 Å². The number of aromatic nitrogens is 1. The van der Waals surface area contributed by atoms with Crippen LogP contribution < -0.4 is 4.74 Å². The Bertz CT molecular complexity index is 327. The van der Waals surface area contributed by atoms with Gasteiger partial charge in [-0.3, -0.25) is 0 Å². The second-order valence-electron chi connectivity index (χ2n) is 2.20. The number of ether oxygens (including phenoxy) is 2. The Morgan fingerprint density at radius 2 is 2.23 bits per heavy atom. The van der Waals surface area contributed by atoms with Gasteiger partial charge in [-0.05, 0) is 0 Å². The summed E-state index contributed by atoms with van der Waals surface area (Å²) in [7, 11) is 2.74. The van der Waals surface area contributed by atoms with Crippen LogP contribution in [0.2, 0.25) is 5.02 Å². The molecule has 1 rings (SSSR count). The van der Waals surface area contributed by atoms with E-state index in [9.17, 15) is 4.79 Å². The number of methoxy groups -OCH3 is 2. The molecule has 0 saturated carbocycles. The predicted molar refractivity (Wildman–Crippen MR) is 47.1 cm³/mol. The third-order valence-electron chi connectivity index (χ3n) is 1.44. The topological polar surface area (TPSA) is 48.4 Å². The first kappa shape index (κ1) is 9.80. The minimum absolute atomic E-state index is 0.243. The van der Waals surface area contributed by atoms with Gasteiger partial charge >= 0.3 is 5.97 Å². The number of carbonyl (C=O) groups is 1. The van der Waals surface area contributed by atoms with Crippen molar-refractivity contribution in [1.82, 2.24) is 4.98 Å². The van der Waals surface area contributed by atoms with E-state index in [1.54, 1.807) is 0 Å². The molecule has 0 fully saturated rings. The maximum absolute atomic E-state index is 11.1. The maximum Gasteiger partial charge on any atom is 0.339 e. The van der Waals surface area contributed by atoms with Crippen LogP contribution in [0.25, 0.3) is 0 Å². The minimum Gasteiger partial charge on any atom is -0.481 e. The van der Waals surface area contributed by atoms with E-state index >= 15 is 0 Å². The fraction of sp³-hybridized carbons (Fsp3) is 0.250. The van der Waals surface area contributed by atoms with Crippen molar-refractivity contribution in [3.8, 4) is 5.88 Å². The number of carbonyl (C=O) groups excluding carboxylic acids is 1. The average molecular weight is 202 g/mol. The molecular formula is C8H8ClNO3. The average Bonchev–Trinajstić information content (AvgIpc) is 2.17. The molecule has 70 valence electrons. The highest BCUT2D eigenvalue weighted by molar-refractivity contribution is 6.33. The Morgan fingerprint density at radius 1 is 1.54 bits per heavy atom. The molecule has 0 unspecified atom stereocenters. The summed E-state index contributed by atoms with van der Waals surface area (Å²) in [6.45, 7) is 0. The molecule has 0 aliphatic heterocycles. The lowest BCUT2D eigenvalue weighted by Crippen LogP contribution is -2.03. The lowest BCUT2D eigenvalue weighted by molar-refractivity contribution is 0.0600. The van der Waals surface area contributed by atoms with Crippen molar-refractivity contribution in [1.29, 1.82) is 0 Å². The van der Waals surface area contributed by atoms with Crippen molar-refractivity contribution >= 4 is 17.6 Å². The van der Waals surface area contributed by atoms with Crippen molar-refractivity contribution in [2.24, 2.45) is 0 Å². The van der Waals surface area contributed by atoms with Crippen LogP contribution in [0.5, 0.6) is 5.88 Å². The molecule has 1 aromatic rings. The number of hydrogen-bond acceptors (Lipinski definition) is 4. The predicted octanol–water partition coefficient (Wildman–Crippen LogP) is 1.53. The first-order valence-corrected chi connectivity index (χ1v) is 3.84. The minimum atomic E-state index is -0.509. The molecule has 0 saturated heterocycles. The van der Waals surface area contributed by atoms with Gasteiger partial charge in [-0.25, -0.2) is 9.78 Å². The van der Waals surface area contributed by atoms with Gasteiger partial charge in [0.2, 0.25) is 5.88 Å². The smallest absolute Gasteiger partial charge is 0.339 e. The van der Waals surface area contributed by atoms with Crippen LogP contribution in [0.3, 0.4) is 0 Å². The highest BCUT2D eigenvalue weighted by Crippen LogP contribution is 2.19. The highest BCUT2D eigenvalue weighted by Gasteiger charge is 2.12. The number of nitrogens with zero attached hydrogens (tertiary/aromatic N) is 1. The van der Waals surface area contributed by atoms with Gasteiger partial charge < -0.3 is 9.47 Å². The molecule has 13 heavy (non-hydrogen) atoms. The largest absolute Gasteiger partial charge is 0.481 e. The zero-order chi connectivity index (χ0) is 9.84. The van der Waals surface area contributed by atoms with Gasteiger partial charge in [0.15, 0.2) is 0 Å². The third kappa shape index (κ3) is 2.09. The fourth-order valence-electron chi connectivity index (χ4n) is 0.798. The summed E-state index contributed by atoms with van der Waals surface area (Å²) < 4.78 is 9.34. The summed E-state index contributed by atoms with van der Waals surface area (Å²) >= 11 is 5.71. The van der Waals surface area contributed by atoms with E-state index in [2.05, 4.69) is 9.72 Å². The van der Waals surface area contributed by atoms with Crippen molar-refractivity contribution in [3.05, 3.63) is 22.8 Å². The van der Waals surface area contributed by atoms with Crippen LogP contribution in [0.4, 0.5) is 0 Å². The summed E-state index contributed by atoms with van der Waals surface area (Å²) in [6.07, 6.45) is 1.34. The van der Waals surface area contributed by atoms with Crippen LogP contribution in [-0.2, 0) is 4.74 Å². The van der Waals surface area contributed by atoms with Gasteiger partial charge in [0, 0.05) is 6.07 Å². The monoisotopic (exact) mass is 201 g/mol. The molecule has 0 aliphatic rings. The van der Waals surface area contributed by atoms with E-state index in [1.165, 1.54) is 26.5 Å². The van der Waals surface area contributed by atoms with E-state index in [4.69, 9.17) is 16.3 Å². The van der Waals surface area contributed by atoms with Crippen molar-refractivity contribution in [2.75, 3.05) is 14.2 Å². The quantitative estimate of drug-likeness (QED) is 0.681. The molecule has 0 aromatic carbocycles. The standard InChI is InChI=1S/C8H8ClNO3/c1-12-7-3-5(8(11)13-2)6(9)4-10-7/h3-4H,1-2H3. The van der Waals surface area contributed by atoms with Gasteiger partial charge in [-0.2, -0.15) is 0 Å². The molecule has 1 heterocycles. The Morgan fingerprint density at radius 3 is 2.77 bits per heavy atom. The Balaban J connectivity index is 3.11. The number of rotatable bonds is 2. The zero-order valence-corrected chi connectivity index (χ0v) is 7.96. The van der Waals surface area contributed by atoms with Gasteiger partial charge in [0.1, 0.15) is 0 Å². The van der Waals surface area contributed by atoms with Crippen LogP contribution in [-0.4, -0.2) is 25.2 Å². The van der Waals surface area contributed by atoms with Crippen LogP contribution >= 0.6 is 11.6 Å². The summed E-state index contributed by atoms with van der Waals surface area (Å²) in [5, 5.41) is 0.243. The molecule has 0 bridgehead atoms.